The summed E-state index contributed by atoms with van der Waals surface area (Å²) in [5.41, 5.74) is 5.01. The predicted molar refractivity (Wildman–Crippen MR) is 60.3 cm³/mol. The number of nitrogens with two attached hydrogens (primary N) is 1. The molecule has 0 radical (unpaired) electrons. The number of hydrogen-bond acceptors (Lipinski definition) is 7. The van der Waals surface area contributed by atoms with Crippen LogP contribution in [0, 0.1) is 15.5 Å². The van der Waals surface area contributed by atoms with Crippen LogP contribution in [-0.2, 0) is 0 Å². The monoisotopic (exact) mass is 239 g/mol. The molecule has 1 heterocycles. The quantitative estimate of drug-likeness (QED) is 0.493. The zero-order chi connectivity index (χ0) is 12.5. The Morgan fingerprint density at radius 2 is 2.35 bits per heavy atom. The number of nitro groups is 1. The Kier molecular flexibility index (Phi) is 2.80. The molecule has 0 atom stereocenters. The van der Waals surface area contributed by atoms with E-state index in [0.29, 0.717) is 6.54 Å². The fourth-order valence-electron chi connectivity index (χ4n) is 1.49. The minimum absolute atomic E-state index is 0.0213. The smallest absolute Gasteiger partial charge is 0.329 e. The lowest BCUT2D eigenvalue weighted by atomic mass is 10.1. The minimum Gasteiger partial charge on any atom is -0.396 e. The van der Waals surface area contributed by atoms with Crippen molar-refractivity contribution in [3.8, 4) is 0 Å². The number of aliphatic hydroxyl groups excluding tert-OH is 1. The molecule has 0 aliphatic heterocycles. The summed E-state index contributed by atoms with van der Waals surface area (Å²) in [6.07, 6.45) is 2.89. The molecule has 0 amide bonds. The number of rotatable bonds is 5. The Hall–Kier alpha value is -1.96. The average molecular weight is 239 g/mol. The second-order valence-electron chi connectivity index (χ2n) is 4.23. The van der Waals surface area contributed by atoms with Crippen molar-refractivity contribution in [2.75, 3.05) is 24.2 Å². The van der Waals surface area contributed by atoms with E-state index in [1.807, 2.05) is 0 Å². The molecule has 8 heteroatoms. The first-order valence-corrected chi connectivity index (χ1v) is 5.18. The molecule has 1 aliphatic carbocycles. The van der Waals surface area contributed by atoms with Gasteiger partial charge in [0.25, 0.3) is 0 Å². The normalized spacial score (nSPS) is 16.5. The van der Waals surface area contributed by atoms with Crippen LogP contribution in [0.2, 0.25) is 0 Å². The Labute approximate surface area is 97.0 Å². The van der Waals surface area contributed by atoms with E-state index in [9.17, 15) is 10.1 Å². The largest absolute Gasteiger partial charge is 0.396 e. The Morgan fingerprint density at radius 3 is 2.88 bits per heavy atom. The molecule has 0 unspecified atom stereocenters. The summed E-state index contributed by atoms with van der Waals surface area (Å²) in [6, 6.07) is 0. The minimum atomic E-state index is -0.569. The molecule has 0 spiro atoms. The predicted octanol–water partition coefficient (Wildman–Crippen LogP) is 0.151. The lowest BCUT2D eigenvalue weighted by Crippen LogP contribution is -2.20. The number of nitrogens with zero attached hydrogens (tertiary/aromatic N) is 3. The Balaban J connectivity index is 2.13. The molecule has 1 fully saturated rings. The van der Waals surface area contributed by atoms with Crippen LogP contribution in [0.4, 0.5) is 17.5 Å². The fourth-order valence-corrected chi connectivity index (χ4v) is 1.49. The van der Waals surface area contributed by atoms with Crippen molar-refractivity contribution in [3.63, 3.8) is 0 Å². The first-order chi connectivity index (χ1) is 8.06. The molecule has 2 rings (SSSR count). The fraction of sp³-hybridized carbons (Fsp3) is 0.556. The van der Waals surface area contributed by atoms with Crippen LogP contribution in [0.15, 0.2) is 6.20 Å². The van der Waals surface area contributed by atoms with E-state index in [0.717, 1.165) is 19.0 Å². The zero-order valence-electron chi connectivity index (χ0n) is 9.09. The second-order valence-corrected chi connectivity index (χ2v) is 4.23. The van der Waals surface area contributed by atoms with Crippen molar-refractivity contribution >= 4 is 17.5 Å². The van der Waals surface area contributed by atoms with Crippen molar-refractivity contribution in [2.24, 2.45) is 5.41 Å². The van der Waals surface area contributed by atoms with E-state index in [4.69, 9.17) is 10.8 Å². The molecule has 0 aromatic carbocycles. The van der Waals surface area contributed by atoms with Crippen LogP contribution in [0.5, 0.6) is 0 Å². The maximum absolute atomic E-state index is 10.7. The highest BCUT2D eigenvalue weighted by molar-refractivity contribution is 5.56. The van der Waals surface area contributed by atoms with Gasteiger partial charge in [0.1, 0.15) is 6.20 Å². The van der Waals surface area contributed by atoms with E-state index >= 15 is 0 Å². The first-order valence-electron chi connectivity index (χ1n) is 5.18. The van der Waals surface area contributed by atoms with Crippen molar-refractivity contribution in [2.45, 2.75) is 12.8 Å². The molecule has 17 heavy (non-hydrogen) atoms. The van der Waals surface area contributed by atoms with E-state index < -0.39 is 4.92 Å². The van der Waals surface area contributed by atoms with Crippen LogP contribution < -0.4 is 11.1 Å². The van der Waals surface area contributed by atoms with Gasteiger partial charge in [-0.05, 0) is 12.8 Å². The number of nitrogen functional groups attached to an aromatic ring is 1. The molecule has 1 saturated carbocycles. The Morgan fingerprint density at radius 1 is 1.65 bits per heavy atom. The van der Waals surface area contributed by atoms with Crippen LogP contribution in [0.3, 0.4) is 0 Å². The third-order valence-corrected chi connectivity index (χ3v) is 2.91. The number of aromatic nitrogens is 2. The van der Waals surface area contributed by atoms with E-state index in [1.54, 1.807) is 0 Å². The first kappa shape index (κ1) is 11.5. The van der Waals surface area contributed by atoms with Crippen LogP contribution in [-0.4, -0.2) is 33.1 Å². The van der Waals surface area contributed by atoms with Crippen LogP contribution >= 0.6 is 0 Å². The summed E-state index contributed by atoms with van der Waals surface area (Å²) in [6.45, 7) is 0.509. The summed E-state index contributed by atoms with van der Waals surface area (Å²) in [4.78, 5) is 17.5. The molecule has 1 aromatic heterocycles. The Bertz CT molecular complexity index is 446. The average Bonchev–Trinajstić information content (AvgIpc) is 3.07. The summed E-state index contributed by atoms with van der Waals surface area (Å²) < 4.78 is 0. The van der Waals surface area contributed by atoms with Gasteiger partial charge in [-0.2, -0.15) is 4.98 Å². The van der Waals surface area contributed by atoms with Gasteiger partial charge in [0, 0.05) is 12.0 Å². The van der Waals surface area contributed by atoms with Gasteiger partial charge in [0.05, 0.1) is 11.5 Å². The van der Waals surface area contributed by atoms with Gasteiger partial charge in [0.15, 0.2) is 0 Å². The molecule has 0 saturated heterocycles. The van der Waals surface area contributed by atoms with Gasteiger partial charge in [-0.15, -0.1) is 0 Å². The standard InChI is InChI=1S/C9H13N5O3/c10-8-11-3-6(14(16)17)7(13-8)12-4-9(5-15)1-2-9/h3,15H,1-2,4-5H2,(H3,10,11,12,13). The van der Waals surface area contributed by atoms with E-state index in [2.05, 4.69) is 15.3 Å². The summed E-state index contributed by atoms with van der Waals surface area (Å²) in [5.74, 6) is 0.0779. The molecule has 0 bridgehead atoms. The van der Waals surface area contributed by atoms with Gasteiger partial charge in [-0.25, -0.2) is 4.98 Å². The summed E-state index contributed by atoms with van der Waals surface area (Å²) >= 11 is 0. The number of hydrogen-bond donors (Lipinski definition) is 3. The molecule has 92 valence electrons. The van der Waals surface area contributed by atoms with Crippen molar-refractivity contribution in [3.05, 3.63) is 16.3 Å². The highest BCUT2D eigenvalue weighted by Gasteiger charge is 2.42. The number of nitrogens with one attached hydrogen (secondary N) is 1. The van der Waals surface area contributed by atoms with Crippen LogP contribution in [0.25, 0.3) is 0 Å². The van der Waals surface area contributed by atoms with Gasteiger partial charge < -0.3 is 16.2 Å². The van der Waals surface area contributed by atoms with Gasteiger partial charge in [-0.1, -0.05) is 0 Å². The maximum atomic E-state index is 10.7. The molecule has 1 aliphatic rings. The van der Waals surface area contributed by atoms with Crippen LogP contribution in [0.1, 0.15) is 12.8 Å². The van der Waals surface area contributed by atoms with Crippen molar-refractivity contribution < 1.29 is 10.0 Å². The lowest BCUT2D eigenvalue weighted by Gasteiger charge is -2.13. The molecular formula is C9H13N5O3. The van der Waals surface area contributed by atoms with E-state index in [1.165, 1.54) is 0 Å². The topological polar surface area (TPSA) is 127 Å². The second kappa shape index (κ2) is 4.13. The number of anilines is 2. The third kappa shape index (κ3) is 2.41. The maximum Gasteiger partial charge on any atom is 0.329 e. The highest BCUT2D eigenvalue weighted by Crippen LogP contribution is 2.45. The molecule has 4 N–H and O–H groups in total. The van der Waals surface area contributed by atoms with Gasteiger partial charge in [-0.3, -0.25) is 10.1 Å². The molecule has 1 aromatic rings. The summed E-state index contributed by atoms with van der Waals surface area (Å²) in [7, 11) is 0. The third-order valence-electron chi connectivity index (χ3n) is 2.91. The van der Waals surface area contributed by atoms with E-state index in [-0.39, 0.29) is 29.5 Å². The van der Waals surface area contributed by atoms with Gasteiger partial charge >= 0.3 is 5.69 Å². The van der Waals surface area contributed by atoms with Crippen molar-refractivity contribution in [1.82, 2.24) is 9.97 Å². The number of aliphatic hydroxyl groups is 1. The molecule has 8 nitrogen and oxygen atoms in total. The van der Waals surface area contributed by atoms with Crippen molar-refractivity contribution in [1.29, 1.82) is 0 Å². The highest BCUT2D eigenvalue weighted by atomic mass is 16.6. The zero-order valence-corrected chi connectivity index (χ0v) is 9.09. The lowest BCUT2D eigenvalue weighted by molar-refractivity contribution is -0.384. The van der Waals surface area contributed by atoms with Gasteiger partial charge in [0.2, 0.25) is 11.8 Å². The SMILES string of the molecule is Nc1ncc([N+](=O)[O-])c(NCC2(CO)CC2)n1. The molecular weight excluding hydrogens is 226 g/mol. The summed E-state index contributed by atoms with van der Waals surface area (Å²) in [5, 5.41) is 22.7.